The summed E-state index contributed by atoms with van der Waals surface area (Å²) in [6.07, 6.45) is 0.498. The van der Waals surface area contributed by atoms with Crippen molar-refractivity contribution in [3.63, 3.8) is 0 Å². The molecule has 0 saturated heterocycles. The smallest absolute Gasteiger partial charge is 0.123 e. The van der Waals surface area contributed by atoms with E-state index in [9.17, 15) is 4.39 Å². The number of benzene rings is 2. The number of halogens is 4. The van der Waals surface area contributed by atoms with Gasteiger partial charge in [-0.05, 0) is 53.9 Å². The summed E-state index contributed by atoms with van der Waals surface area (Å²) in [5.74, 6) is 5.27. The van der Waals surface area contributed by atoms with Gasteiger partial charge in [-0.2, -0.15) is 0 Å². The molecule has 20 heavy (non-hydrogen) atoms. The van der Waals surface area contributed by atoms with Gasteiger partial charge in [-0.25, -0.2) is 4.39 Å². The molecule has 0 saturated carbocycles. The van der Waals surface area contributed by atoms with E-state index >= 15 is 0 Å². The van der Waals surface area contributed by atoms with Gasteiger partial charge in [0, 0.05) is 14.5 Å². The zero-order valence-corrected chi connectivity index (χ0v) is 13.4. The van der Waals surface area contributed by atoms with Gasteiger partial charge in [0.05, 0.1) is 6.04 Å². The Morgan fingerprint density at radius 3 is 2.65 bits per heavy atom. The van der Waals surface area contributed by atoms with Gasteiger partial charge in [-0.1, -0.05) is 39.1 Å². The maximum Gasteiger partial charge on any atom is 0.123 e. The highest BCUT2D eigenvalue weighted by atomic mass is 79.9. The molecular formula is C14H12BrCl2FN2. The van der Waals surface area contributed by atoms with E-state index < -0.39 is 0 Å². The molecule has 0 heterocycles. The monoisotopic (exact) mass is 376 g/mol. The van der Waals surface area contributed by atoms with E-state index in [2.05, 4.69) is 21.4 Å². The first-order valence-corrected chi connectivity index (χ1v) is 7.41. The molecule has 0 radical (unpaired) electrons. The van der Waals surface area contributed by atoms with E-state index in [0.717, 1.165) is 15.6 Å². The van der Waals surface area contributed by atoms with Crippen molar-refractivity contribution in [2.45, 2.75) is 12.5 Å². The first-order chi connectivity index (χ1) is 9.51. The zero-order valence-electron chi connectivity index (χ0n) is 10.3. The quantitative estimate of drug-likeness (QED) is 0.601. The number of nitrogens with one attached hydrogen (secondary N) is 1. The second-order valence-corrected chi connectivity index (χ2v) is 6.02. The third-order valence-corrected chi connectivity index (χ3v) is 4.29. The zero-order chi connectivity index (χ0) is 14.7. The molecule has 0 aliphatic rings. The minimum absolute atomic E-state index is 0.281. The average Bonchev–Trinajstić information content (AvgIpc) is 2.42. The van der Waals surface area contributed by atoms with Crippen LogP contribution >= 0.6 is 39.1 Å². The van der Waals surface area contributed by atoms with Gasteiger partial charge in [-0.3, -0.25) is 11.3 Å². The van der Waals surface area contributed by atoms with Gasteiger partial charge in [0.1, 0.15) is 5.82 Å². The van der Waals surface area contributed by atoms with E-state index in [0.29, 0.717) is 16.5 Å². The van der Waals surface area contributed by atoms with Crippen LogP contribution in [0.15, 0.2) is 40.9 Å². The van der Waals surface area contributed by atoms with Gasteiger partial charge >= 0.3 is 0 Å². The van der Waals surface area contributed by atoms with E-state index in [1.54, 1.807) is 24.3 Å². The molecule has 1 atom stereocenters. The van der Waals surface area contributed by atoms with E-state index in [1.807, 2.05) is 0 Å². The second-order valence-electron chi connectivity index (χ2n) is 4.32. The fraction of sp³-hybridized carbons (Fsp3) is 0.143. The van der Waals surface area contributed by atoms with Crippen LogP contribution in [0, 0.1) is 5.82 Å². The van der Waals surface area contributed by atoms with Crippen molar-refractivity contribution >= 4 is 39.1 Å². The molecular weight excluding hydrogens is 366 g/mol. The van der Waals surface area contributed by atoms with Crippen LogP contribution in [0.4, 0.5) is 4.39 Å². The van der Waals surface area contributed by atoms with Gasteiger partial charge in [-0.15, -0.1) is 0 Å². The Morgan fingerprint density at radius 1 is 1.20 bits per heavy atom. The molecule has 0 spiro atoms. The average molecular weight is 378 g/mol. The molecule has 0 aliphatic heterocycles. The summed E-state index contributed by atoms with van der Waals surface area (Å²) in [7, 11) is 0. The van der Waals surface area contributed by atoms with Crippen LogP contribution in [-0.2, 0) is 6.42 Å². The lowest BCUT2D eigenvalue weighted by molar-refractivity contribution is 0.542. The van der Waals surface area contributed by atoms with Crippen molar-refractivity contribution in [2.24, 2.45) is 5.84 Å². The van der Waals surface area contributed by atoms with Crippen LogP contribution in [0.1, 0.15) is 17.2 Å². The summed E-state index contributed by atoms with van der Waals surface area (Å²) >= 11 is 15.5. The van der Waals surface area contributed by atoms with Crippen molar-refractivity contribution in [2.75, 3.05) is 0 Å². The SMILES string of the molecule is NNC(Cc1cc(Cl)ccc1Cl)c1cc(F)ccc1Br. The summed E-state index contributed by atoms with van der Waals surface area (Å²) in [6.45, 7) is 0. The molecule has 2 aromatic carbocycles. The normalized spacial score (nSPS) is 12.4. The molecule has 0 fully saturated rings. The predicted octanol–water partition coefficient (Wildman–Crippen LogP) is 4.64. The lowest BCUT2D eigenvalue weighted by Crippen LogP contribution is -2.30. The van der Waals surface area contributed by atoms with Crippen LogP contribution in [0.5, 0.6) is 0 Å². The van der Waals surface area contributed by atoms with Crippen LogP contribution in [0.25, 0.3) is 0 Å². The Labute approximate surface area is 135 Å². The molecule has 2 rings (SSSR count). The first-order valence-electron chi connectivity index (χ1n) is 5.86. The highest BCUT2D eigenvalue weighted by Crippen LogP contribution is 2.29. The summed E-state index contributed by atoms with van der Waals surface area (Å²) in [5, 5.41) is 1.20. The van der Waals surface area contributed by atoms with Crippen molar-refractivity contribution in [3.05, 3.63) is 67.9 Å². The topological polar surface area (TPSA) is 38.0 Å². The maximum atomic E-state index is 13.4. The molecule has 2 aromatic rings. The standard InChI is InChI=1S/C14H12BrCl2FN2/c15-12-3-2-10(18)7-11(12)14(20-19)6-8-5-9(16)1-4-13(8)17/h1-5,7,14,20H,6,19H2. The molecule has 1 unspecified atom stereocenters. The molecule has 106 valence electrons. The number of hydrazine groups is 1. The lowest BCUT2D eigenvalue weighted by Gasteiger charge is -2.19. The van der Waals surface area contributed by atoms with E-state index in [4.69, 9.17) is 29.0 Å². The molecule has 0 amide bonds. The third kappa shape index (κ3) is 3.71. The van der Waals surface area contributed by atoms with E-state index in [1.165, 1.54) is 12.1 Å². The highest BCUT2D eigenvalue weighted by Gasteiger charge is 2.16. The highest BCUT2D eigenvalue weighted by molar-refractivity contribution is 9.10. The van der Waals surface area contributed by atoms with Gasteiger partial charge in [0.25, 0.3) is 0 Å². The summed E-state index contributed by atoms with van der Waals surface area (Å²) in [6, 6.07) is 9.41. The van der Waals surface area contributed by atoms with Crippen molar-refractivity contribution < 1.29 is 4.39 Å². The van der Waals surface area contributed by atoms with Crippen molar-refractivity contribution in [1.82, 2.24) is 5.43 Å². The molecule has 0 bridgehead atoms. The lowest BCUT2D eigenvalue weighted by atomic mass is 9.99. The Balaban J connectivity index is 2.33. The number of hydrogen-bond acceptors (Lipinski definition) is 2. The molecule has 3 N–H and O–H groups in total. The van der Waals surface area contributed by atoms with Crippen LogP contribution in [-0.4, -0.2) is 0 Å². The first kappa shape index (κ1) is 15.7. The van der Waals surface area contributed by atoms with E-state index in [-0.39, 0.29) is 11.9 Å². The van der Waals surface area contributed by atoms with Gasteiger partial charge in [0.15, 0.2) is 0 Å². The molecule has 6 heteroatoms. The van der Waals surface area contributed by atoms with Crippen LogP contribution in [0.2, 0.25) is 10.0 Å². The van der Waals surface area contributed by atoms with Crippen LogP contribution in [0.3, 0.4) is 0 Å². The van der Waals surface area contributed by atoms with Crippen LogP contribution < -0.4 is 11.3 Å². The van der Waals surface area contributed by atoms with Crippen molar-refractivity contribution in [3.8, 4) is 0 Å². The molecule has 0 aliphatic carbocycles. The second kappa shape index (κ2) is 6.87. The maximum absolute atomic E-state index is 13.4. The number of hydrogen-bond donors (Lipinski definition) is 2. The third-order valence-electron chi connectivity index (χ3n) is 2.97. The van der Waals surface area contributed by atoms with Crippen molar-refractivity contribution in [1.29, 1.82) is 0 Å². The summed E-state index contributed by atoms with van der Waals surface area (Å²) in [4.78, 5) is 0. The Kier molecular flexibility index (Phi) is 5.41. The molecule has 0 aromatic heterocycles. The van der Waals surface area contributed by atoms with Gasteiger partial charge < -0.3 is 0 Å². The summed E-state index contributed by atoms with van der Waals surface area (Å²) in [5.41, 5.74) is 4.25. The molecule has 2 nitrogen and oxygen atoms in total. The minimum Gasteiger partial charge on any atom is -0.271 e. The predicted molar refractivity (Wildman–Crippen MR) is 84.3 cm³/mol. The Morgan fingerprint density at radius 2 is 1.95 bits per heavy atom. The largest absolute Gasteiger partial charge is 0.271 e. The fourth-order valence-corrected chi connectivity index (χ4v) is 2.87. The number of rotatable bonds is 4. The number of nitrogens with two attached hydrogens (primary N) is 1. The Bertz CT molecular complexity index is 622. The fourth-order valence-electron chi connectivity index (χ4n) is 1.96. The van der Waals surface area contributed by atoms with Gasteiger partial charge in [0.2, 0.25) is 0 Å². The minimum atomic E-state index is -0.319. The Hall–Kier alpha value is -0.650. The summed E-state index contributed by atoms with van der Waals surface area (Å²) < 4.78 is 14.2.